The van der Waals surface area contributed by atoms with E-state index in [4.69, 9.17) is 5.73 Å². The molecule has 1 aliphatic rings. The van der Waals surface area contributed by atoms with Crippen molar-refractivity contribution in [3.8, 4) is 0 Å². The highest BCUT2D eigenvalue weighted by Gasteiger charge is 2.14. The monoisotopic (exact) mass is 205 g/mol. The molecule has 3 heteroatoms. The van der Waals surface area contributed by atoms with Gasteiger partial charge in [-0.3, -0.25) is 0 Å². The number of anilines is 2. The Morgan fingerprint density at radius 1 is 1.53 bits per heavy atom. The number of rotatable bonds is 3. The van der Waals surface area contributed by atoms with Gasteiger partial charge in [-0.15, -0.1) is 0 Å². The van der Waals surface area contributed by atoms with Gasteiger partial charge in [0.2, 0.25) is 0 Å². The fraction of sp³-hybridized carbons (Fsp3) is 0.500. The first kappa shape index (κ1) is 10.3. The van der Waals surface area contributed by atoms with Crippen molar-refractivity contribution in [2.75, 3.05) is 24.1 Å². The molecule has 0 aliphatic carbocycles. The number of hydrogen-bond donors (Lipinski definition) is 3. The second kappa shape index (κ2) is 4.53. The van der Waals surface area contributed by atoms with Gasteiger partial charge in [-0.1, -0.05) is 6.92 Å². The second-order valence-electron chi connectivity index (χ2n) is 4.10. The molecule has 0 aromatic heterocycles. The van der Waals surface area contributed by atoms with Gasteiger partial charge in [-0.25, -0.2) is 0 Å². The third-order valence-corrected chi connectivity index (χ3v) is 2.93. The molecule has 1 atom stereocenters. The summed E-state index contributed by atoms with van der Waals surface area (Å²) in [6.45, 7) is 4.34. The molecule has 0 bridgehead atoms. The smallest absolute Gasteiger partial charge is 0.0398 e. The number of hydrogen-bond acceptors (Lipinski definition) is 3. The number of nitrogens with two attached hydrogens (primary N) is 1. The average molecular weight is 205 g/mol. The topological polar surface area (TPSA) is 50.1 Å². The van der Waals surface area contributed by atoms with E-state index in [2.05, 4.69) is 29.7 Å². The van der Waals surface area contributed by atoms with Crippen LogP contribution in [0.5, 0.6) is 0 Å². The Kier molecular flexibility index (Phi) is 3.11. The van der Waals surface area contributed by atoms with Gasteiger partial charge in [-0.2, -0.15) is 0 Å². The molecule has 1 fully saturated rings. The molecule has 1 aromatic rings. The van der Waals surface area contributed by atoms with Crippen LogP contribution in [0.4, 0.5) is 11.4 Å². The van der Waals surface area contributed by atoms with Crippen LogP contribution in [0.15, 0.2) is 18.2 Å². The number of nitrogen functional groups attached to an aromatic ring is 1. The molecule has 2 rings (SSSR count). The second-order valence-corrected chi connectivity index (χ2v) is 4.10. The van der Waals surface area contributed by atoms with Crippen molar-refractivity contribution in [2.24, 2.45) is 0 Å². The lowest BCUT2D eigenvalue weighted by Crippen LogP contribution is -2.22. The van der Waals surface area contributed by atoms with Crippen molar-refractivity contribution in [3.05, 3.63) is 23.8 Å². The Hall–Kier alpha value is -1.22. The molecule has 1 unspecified atom stereocenters. The molecule has 4 N–H and O–H groups in total. The summed E-state index contributed by atoms with van der Waals surface area (Å²) in [7, 11) is 0. The zero-order valence-corrected chi connectivity index (χ0v) is 9.22. The van der Waals surface area contributed by atoms with Gasteiger partial charge >= 0.3 is 0 Å². The summed E-state index contributed by atoms with van der Waals surface area (Å²) in [5.41, 5.74) is 9.16. The van der Waals surface area contributed by atoms with Gasteiger partial charge in [0.15, 0.2) is 0 Å². The van der Waals surface area contributed by atoms with Crippen molar-refractivity contribution in [1.82, 2.24) is 5.32 Å². The molecule has 1 saturated heterocycles. The van der Waals surface area contributed by atoms with E-state index in [1.54, 1.807) is 0 Å². The van der Waals surface area contributed by atoms with Crippen LogP contribution in [0.25, 0.3) is 0 Å². The molecule has 3 nitrogen and oxygen atoms in total. The fourth-order valence-corrected chi connectivity index (χ4v) is 2.04. The summed E-state index contributed by atoms with van der Waals surface area (Å²) in [5, 5.41) is 6.92. The first-order valence-corrected chi connectivity index (χ1v) is 5.65. The standard InChI is InChI=1S/C12H19N3/c1-2-9-7-10(13)3-4-12(9)15-11-5-6-14-8-11/h3-4,7,11,14-15H,2,5-6,8,13H2,1H3. The maximum atomic E-state index is 5.77. The van der Waals surface area contributed by atoms with E-state index in [1.807, 2.05) is 6.07 Å². The van der Waals surface area contributed by atoms with Crippen molar-refractivity contribution in [1.29, 1.82) is 0 Å². The highest BCUT2D eigenvalue weighted by molar-refractivity contribution is 5.58. The van der Waals surface area contributed by atoms with Gasteiger partial charge in [-0.05, 0) is 43.1 Å². The molecular weight excluding hydrogens is 186 g/mol. The number of nitrogens with one attached hydrogen (secondary N) is 2. The molecule has 1 heterocycles. The largest absolute Gasteiger partial charge is 0.399 e. The lowest BCUT2D eigenvalue weighted by Gasteiger charge is -2.16. The molecule has 1 aliphatic heterocycles. The summed E-state index contributed by atoms with van der Waals surface area (Å²) in [6, 6.07) is 6.68. The van der Waals surface area contributed by atoms with Crippen LogP contribution in [0.2, 0.25) is 0 Å². The summed E-state index contributed by atoms with van der Waals surface area (Å²) in [4.78, 5) is 0. The first-order chi connectivity index (χ1) is 7.29. The van der Waals surface area contributed by atoms with Crippen molar-refractivity contribution >= 4 is 11.4 Å². The van der Waals surface area contributed by atoms with E-state index < -0.39 is 0 Å². The van der Waals surface area contributed by atoms with E-state index in [-0.39, 0.29) is 0 Å². The van der Waals surface area contributed by atoms with Crippen LogP contribution < -0.4 is 16.4 Å². The Bertz CT molecular complexity index is 330. The molecule has 0 radical (unpaired) electrons. The third-order valence-electron chi connectivity index (χ3n) is 2.93. The molecule has 0 saturated carbocycles. The molecule has 1 aromatic carbocycles. The number of aryl methyl sites for hydroxylation is 1. The van der Waals surface area contributed by atoms with Gasteiger partial charge in [0.25, 0.3) is 0 Å². The van der Waals surface area contributed by atoms with Gasteiger partial charge in [0.05, 0.1) is 0 Å². The Morgan fingerprint density at radius 2 is 2.40 bits per heavy atom. The number of benzene rings is 1. The van der Waals surface area contributed by atoms with Gasteiger partial charge in [0.1, 0.15) is 0 Å². The lowest BCUT2D eigenvalue weighted by molar-refractivity contribution is 0.791. The van der Waals surface area contributed by atoms with E-state index in [1.165, 1.54) is 17.7 Å². The third kappa shape index (κ3) is 2.42. The Balaban J connectivity index is 2.12. The Labute approximate surface area is 91.1 Å². The molecule has 15 heavy (non-hydrogen) atoms. The average Bonchev–Trinajstić information content (AvgIpc) is 2.73. The zero-order chi connectivity index (χ0) is 10.7. The van der Waals surface area contributed by atoms with E-state index in [0.29, 0.717) is 6.04 Å². The maximum absolute atomic E-state index is 5.77. The fourth-order valence-electron chi connectivity index (χ4n) is 2.04. The van der Waals surface area contributed by atoms with Crippen LogP contribution in [0.3, 0.4) is 0 Å². The Morgan fingerprint density at radius 3 is 3.07 bits per heavy atom. The normalized spacial score (nSPS) is 20.5. The highest BCUT2D eigenvalue weighted by atomic mass is 15.0. The van der Waals surface area contributed by atoms with Crippen LogP contribution in [-0.2, 0) is 6.42 Å². The minimum Gasteiger partial charge on any atom is -0.399 e. The van der Waals surface area contributed by atoms with Crippen molar-refractivity contribution < 1.29 is 0 Å². The first-order valence-electron chi connectivity index (χ1n) is 5.65. The van der Waals surface area contributed by atoms with Crippen LogP contribution in [0, 0.1) is 0 Å². The summed E-state index contributed by atoms with van der Waals surface area (Å²) in [5.74, 6) is 0. The predicted octanol–water partition coefficient (Wildman–Crippen LogP) is 1.61. The predicted molar refractivity (Wildman–Crippen MR) is 65.1 cm³/mol. The maximum Gasteiger partial charge on any atom is 0.0398 e. The van der Waals surface area contributed by atoms with Crippen LogP contribution in [-0.4, -0.2) is 19.1 Å². The van der Waals surface area contributed by atoms with E-state index in [0.717, 1.165) is 25.2 Å². The van der Waals surface area contributed by atoms with Gasteiger partial charge in [0, 0.05) is 24.0 Å². The lowest BCUT2D eigenvalue weighted by atomic mass is 10.1. The van der Waals surface area contributed by atoms with Crippen molar-refractivity contribution in [3.63, 3.8) is 0 Å². The minimum atomic E-state index is 0.568. The summed E-state index contributed by atoms with van der Waals surface area (Å²) < 4.78 is 0. The van der Waals surface area contributed by atoms with Gasteiger partial charge < -0.3 is 16.4 Å². The highest BCUT2D eigenvalue weighted by Crippen LogP contribution is 2.21. The zero-order valence-electron chi connectivity index (χ0n) is 9.22. The minimum absolute atomic E-state index is 0.568. The molecular formula is C12H19N3. The van der Waals surface area contributed by atoms with Crippen molar-refractivity contribution in [2.45, 2.75) is 25.8 Å². The van der Waals surface area contributed by atoms with E-state index in [9.17, 15) is 0 Å². The quantitative estimate of drug-likeness (QED) is 0.657. The summed E-state index contributed by atoms with van der Waals surface area (Å²) >= 11 is 0. The van der Waals surface area contributed by atoms with E-state index >= 15 is 0 Å². The molecule has 82 valence electrons. The molecule has 0 amide bonds. The molecule has 0 spiro atoms. The van der Waals surface area contributed by atoms with Crippen LogP contribution >= 0.6 is 0 Å². The summed E-state index contributed by atoms with van der Waals surface area (Å²) in [6.07, 6.45) is 2.22. The van der Waals surface area contributed by atoms with Crippen LogP contribution in [0.1, 0.15) is 18.9 Å². The SMILES string of the molecule is CCc1cc(N)ccc1NC1CCNC1.